The van der Waals surface area contributed by atoms with Gasteiger partial charge in [0.15, 0.2) is 5.69 Å². The van der Waals surface area contributed by atoms with Gasteiger partial charge in [-0.15, -0.1) is 11.6 Å². The minimum atomic E-state index is -0.532. The molecule has 1 heterocycles. The van der Waals surface area contributed by atoms with Crippen LogP contribution in [0.4, 0.5) is 5.82 Å². The molecule has 0 saturated heterocycles. The van der Waals surface area contributed by atoms with E-state index in [0.29, 0.717) is 18.8 Å². The molecule has 0 aliphatic carbocycles. The number of nitro groups is 1. The molecule has 0 aliphatic heterocycles. The molecule has 0 spiro atoms. The van der Waals surface area contributed by atoms with Gasteiger partial charge < -0.3 is 15.4 Å². The molecule has 88 valence electrons. The van der Waals surface area contributed by atoms with E-state index in [1.807, 2.05) is 0 Å². The molecule has 1 rings (SSSR count). The molecule has 1 amide bonds. The average molecular weight is 246 g/mol. The number of carbonyl (C=O) groups excluding carboxylic acids is 1. The summed E-state index contributed by atoms with van der Waals surface area (Å²) in [5.74, 6) is 0.0244. The summed E-state index contributed by atoms with van der Waals surface area (Å²) in [6.07, 6.45) is 0.666. The first-order chi connectivity index (χ1) is 7.57. The Bertz CT molecular complexity index is 403. The Morgan fingerprint density at radius 2 is 2.31 bits per heavy atom. The number of aromatic nitrogens is 1. The molecule has 0 bridgehead atoms. The topological polar surface area (TPSA) is 77.2 Å². The number of halogens is 1. The summed E-state index contributed by atoms with van der Waals surface area (Å²) in [6, 6.07) is 2.73. The lowest BCUT2D eigenvalue weighted by Gasteiger charge is -2.02. The first-order valence-electron chi connectivity index (χ1n) is 4.72. The maximum Gasteiger partial charge on any atom is 0.323 e. The zero-order valence-corrected chi connectivity index (χ0v) is 9.53. The van der Waals surface area contributed by atoms with Gasteiger partial charge in [-0.3, -0.25) is 4.79 Å². The number of hydrogen-bond acceptors (Lipinski definition) is 3. The second-order valence-corrected chi connectivity index (χ2v) is 3.57. The smallest absolute Gasteiger partial charge is 0.323 e. The lowest BCUT2D eigenvalue weighted by Crippen LogP contribution is -2.26. The fraction of sp³-hybridized carbons (Fsp3) is 0.444. The highest BCUT2D eigenvalue weighted by Crippen LogP contribution is 2.14. The summed E-state index contributed by atoms with van der Waals surface area (Å²) >= 11 is 5.46. The van der Waals surface area contributed by atoms with Crippen molar-refractivity contribution in [2.45, 2.75) is 6.42 Å². The highest BCUT2D eigenvalue weighted by atomic mass is 35.5. The predicted octanol–water partition coefficient (Wildman–Crippen LogP) is 1.29. The van der Waals surface area contributed by atoms with E-state index in [1.165, 1.54) is 23.7 Å². The van der Waals surface area contributed by atoms with Crippen LogP contribution in [0.25, 0.3) is 0 Å². The number of rotatable bonds is 5. The van der Waals surface area contributed by atoms with Crippen LogP contribution in [-0.2, 0) is 7.05 Å². The number of alkyl halides is 1. The zero-order chi connectivity index (χ0) is 12.1. The van der Waals surface area contributed by atoms with Crippen LogP contribution in [0.3, 0.4) is 0 Å². The van der Waals surface area contributed by atoms with Crippen molar-refractivity contribution in [3.8, 4) is 0 Å². The Morgan fingerprint density at radius 3 is 2.81 bits per heavy atom. The van der Waals surface area contributed by atoms with Gasteiger partial charge >= 0.3 is 5.82 Å². The molecule has 0 fully saturated rings. The van der Waals surface area contributed by atoms with E-state index < -0.39 is 4.92 Å². The Hall–Kier alpha value is -1.56. The van der Waals surface area contributed by atoms with Gasteiger partial charge in [0, 0.05) is 18.5 Å². The van der Waals surface area contributed by atoms with Gasteiger partial charge in [0.1, 0.15) is 0 Å². The van der Waals surface area contributed by atoms with Crippen LogP contribution in [0.5, 0.6) is 0 Å². The molecule has 0 atom stereocenters. The van der Waals surface area contributed by atoms with E-state index in [2.05, 4.69) is 5.32 Å². The summed E-state index contributed by atoms with van der Waals surface area (Å²) in [4.78, 5) is 21.6. The van der Waals surface area contributed by atoms with Crippen molar-refractivity contribution >= 4 is 23.3 Å². The van der Waals surface area contributed by atoms with Gasteiger partial charge in [-0.05, 0) is 17.4 Å². The highest BCUT2D eigenvalue weighted by Gasteiger charge is 2.19. The molecule has 0 aliphatic rings. The molecule has 0 aromatic carbocycles. The summed E-state index contributed by atoms with van der Waals surface area (Å²) in [7, 11) is 1.48. The first-order valence-corrected chi connectivity index (χ1v) is 5.25. The van der Waals surface area contributed by atoms with Crippen LogP contribution < -0.4 is 5.32 Å². The Labute approximate surface area is 97.3 Å². The number of hydrogen-bond donors (Lipinski definition) is 1. The van der Waals surface area contributed by atoms with Crippen LogP contribution >= 0.6 is 11.6 Å². The Kier molecular flexibility index (Phi) is 4.30. The maximum absolute atomic E-state index is 11.6. The number of nitrogens with one attached hydrogen (secondary N) is 1. The lowest BCUT2D eigenvalue weighted by molar-refractivity contribution is -0.391. The highest BCUT2D eigenvalue weighted by molar-refractivity contribution is 6.17. The molecule has 1 aromatic rings. The predicted molar refractivity (Wildman–Crippen MR) is 59.7 cm³/mol. The summed E-state index contributed by atoms with van der Waals surface area (Å²) in [6.45, 7) is 0.460. The number of carbonyl (C=O) groups is 1. The van der Waals surface area contributed by atoms with Gasteiger partial charge in [0.25, 0.3) is 5.91 Å². The average Bonchev–Trinajstić information content (AvgIpc) is 2.60. The van der Waals surface area contributed by atoms with Gasteiger partial charge in [-0.2, -0.15) is 0 Å². The standard InChI is InChI=1S/C9H12ClN3O3/c1-12-7(3-4-8(12)13(15)16)9(14)11-6-2-5-10/h3-4H,2,5-6H2,1H3,(H,11,14). The fourth-order valence-corrected chi connectivity index (χ4v) is 1.40. The van der Waals surface area contributed by atoms with Crippen LogP contribution in [-0.4, -0.2) is 27.8 Å². The Balaban J connectivity index is 2.73. The zero-order valence-electron chi connectivity index (χ0n) is 8.77. The fourth-order valence-electron chi connectivity index (χ4n) is 1.27. The summed E-state index contributed by atoms with van der Waals surface area (Å²) < 4.78 is 1.25. The Morgan fingerprint density at radius 1 is 1.62 bits per heavy atom. The quantitative estimate of drug-likeness (QED) is 0.368. The van der Waals surface area contributed by atoms with Crippen LogP contribution in [0, 0.1) is 10.1 Å². The van der Waals surface area contributed by atoms with Crippen LogP contribution in [0.1, 0.15) is 16.9 Å². The largest absolute Gasteiger partial charge is 0.358 e. The lowest BCUT2D eigenvalue weighted by atomic mass is 10.4. The van der Waals surface area contributed by atoms with E-state index in [4.69, 9.17) is 11.6 Å². The van der Waals surface area contributed by atoms with Crippen molar-refractivity contribution in [2.75, 3.05) is 12.4 Å². The normalized spacial score (nSPS) is 10.1. The maximum atomic E-state index is 11.6. The molecule has 0 saturated carbocycles. The van der Waals surface area contributed by atoms with Gasteiger partial charge in [-0.25, -0.2) is 4.57 Å². The number of amides is 1. The molecule has 1 aromatic heterocycles. The number of nitrogens with zero attached hydrogens (tertiary/aromatic N) is 2. The van der Waals surface area contributed by atoms with Gasteiger partial charge in [-0.1, -0.05) is 0 Å². The van der Waals surface area contributed by atoms with Crippen molar-refractivity contribution in [1.29, 1.82) is 0 Å². The second-order valence-electron chi connectivity index (χ2n) is 3.19. The minimum Gasteiger partial charge on any atom is -0.358 e. The van der Waals surface area contributed by atoms with E-state index in [-0.39, 0.29) is 17.4 Å². The minimum absolute atomic E-state index is 0.109. The molecular weight excluding hydrogens is 234 g/mol. The molecular formula is C9H12ClN3O3. The molecule has 7 heteroatoms. The second kappa shape index (κ2) is 5.50. The van der Waals surface area contributed by atoms with E-state index in [9.17, 15) is 14.9 Å². The first kappa shape index (κ1) is 12.5. The van der Waals surface area contributed by atoms with Crippen molar-refractivity contribution in [2.24, 2.45) is 7.05 Å². The van der Waals surface area contributed by atoms with E-state index in [1.54, 1.807) is 0 Å². The monoisotopic (exact) mass is 245 g/mol. The summed E-state index contributed by atoms with van der Waals surface area (Å²) in [5.41, 5.74) is 0.265. The van der Waals surface area contributed by atoms with Crippen LogP contribution in [0.15, 0.2) is 12.1 Å². The van der Waals surface area contributed by atoms with Crippen molar-refractivity contribution < 1.29 is 9.72 Å². The third-order valence-corrected chi connectivity index (χ3v) is 2.38. The third-order valence-electron chi connectivity index (χ3n) is 2.11. The van der Waals surface area contributed by atoms with Crippen molar-refractivity contribution in [1.82, 2.24) is 9.88 Å². The molecule has 6 nitrogen and oxygen atoms in total. The molecule has 1 N–H and O–H groups in total. The molecule has 0 radical (unpaired) electrons. The third kappa shape index (κ3) is 2.73. The van der Waals surface area contributed by atoms with Crippen molar-refractivity contribution in [3.05, 3.63) is 27.9 Å². The van der Waals surface area contributed by atoms with Crippen LogP contribution in [0.2, 0.25) is 0 Å². The van der Waals surface area contributed by atoms with Gasteiger partial charge in [0.05, 0.1) is 7.05 Å². The van der Waals surface area contributed by atoms with E-state index in [0.717, 1.165) is 0 Å². The van der Waals surface area contributed by atoms with Gasteiger partial charge in [0.2, 0.25) is 0 Å². The molecule has 0 unspecified atom stereocenters. The summed E-state index contributed by atoms with van der Waals surface area (Å²) in [5, 5.41) is 13.2. The molecule has 16 heavy (non-hydrogen) atoms. The van der Waals surface area contributed by atoms with E-state index >= 15 is 0 Å². The van der Waals surface area contributed by atoms with Crippen molar-refractivity contribution in [3.63, 3.8) is 0 Å². The SMILES string of the molecule is Cn1c(C(=O)NCCCCl)ccc1[N+](=O)[O-].